The average Bonchev–Trinajstić information content (AvgIpc) is 3.12. The van der Waals surface area contributed by atoms with E-state index < -0.39 is 0 Å². The fraction of sp³-hybridized carbons (Fsp3) is 0.133. The molecule has 1 aromatic carbocycles. The molecule has 3 nitrogen and oxygen atoms in total. The molecule has 1 N–H and O–H groups in total. The van der Waals surface area contributed by atoms with Gasteiger partial charge in [0.1, 0.15) is 0 Å². The maximum absolute atomic E-state index is 4.45. The predicted octanol–water partition coefficient (Wildman–Crippen LogP) is 3.24. The number of thiophene rings is 1. The van der Waals surface area contributed by atoms with Crippen LogP contribution in [0.3, 0.4) is 0 Å². The molecule has 1 atom stereocenters. The largest absolute Gasteiger partial charge is 0.309 e. The highest BCUT2D eigenvalue weighted by atomic mass is 32.1. The summed E-state index contributed by atoms with van der Waals surface area (Å²) in [5.41, 5.74) is 2.25. The van der Waals surface area contributed by atoms with Crippen molar-refractivity contribution in [3.05, 3.63) is 70.7 Å². The van der Waals surface area contributed by atoms with E-state index in [9.17, 15) is 0 Å². The molecular formula is C15H15N3S. The van der Waals surface area contributed by atoms with Crippen molar-refractivity contribution in [1.29, 1.82) is 0 Å². The zero-order valence-corrected chi connectivity index (χ0v) is 11.5. The van der Waals surface area contributed by atoms with Crippen molar-refractivity contribution in [1.82, 2.24) is 15.1 Å². The summed E-state index contributed by atoms with van der Waals surface area (Å²) in [6.45, 7) is 0. The molecule has 4 heteroatoms. The minimum absolute atomic E-state index is 0.206. The summed E-state index contributed by atoms with van der Waals surface area (Å²) in [5.74, 6) is 0. The van der Waals surface area contributed by atoms with E-state index in [1.165, 1.54) is 10.4 Å². The molecule has 2 aromatic heterocycles. The second kappa shape index (κ2) is 5.38. The van der Waals surface area contributed by atoms with E-state index in [0.717, 1.165) is 5.69 Å². The van der Waals surface area contributed by atoms with Gasteiger partial charge in [-0.1, -0.05) is 24.3 Å². The molecule has 0 bridgehead atoms. The maximum atomic E-state index is 4.45. The highest BCUT2D eigenvalue weighted by Gasteiger charge is 2.15. The van der Waals surface area contributed by atoms with E-state index in [4.69, 9.17) is 0 Å². The van der Waals surface area contributed by atoms with E-state index in [0.29, 0.717) is 0 Å². The number of aromatic nitrogens is 2. The number of nitrogens with one attached hydrogen (secondary N) is 1. The van der Waals surface area contributed by atoms with Crippen LogP contribution in [-0.4, -0.2) is 16.8 Å². The number of hydrogen-bond donors (Lipinski definition) is 1. The minimum atomic E-state index is 0.206. The van der Waals surface area contributed by atoms with Crippen molar-refractivity contribution in [2.45, 2.75) is 6.04 Å². The Bertz CT molecular complexity index is 628. The molecule has 0 amide bonds. The fourth-order valence-corrected chi connectivity index (χ4v) is 3.00. The molecule has 0 aliphatic rings. The molecule has 2 heterocycles. The van der Waals surface area contributed by atoms with Gasteiger partial charge >= 0.3 is 0 Å². The van der Waals surface area contributed by atoms with Crippen LogP contribution in [0.1, 0.15) is 16.5 Å². The molecule has 0 saturated heterocycles. The molecule has 0 aliphatic carbocycles. The molecular weight excluding hydrogens is 254 g/mol. The van der Waals surface area contributed by atoms with Crippen molar-refractivity contribution in [2.75, 3.05) is 7.05 Å². The molecule has 3 rings (SSSR count). The quantitative estimate of drug-likeness (QED) is 0.788. The summed E-state index contributed by atoms with van der Waals surface area (Å²) < 4.78 is 1.91. The van der Waals surface area contributed by atoms with Crippen molar-refractivity contribution < 1.29 is 0 Å². The smallest absolute Gasteiger partial charge is 0.0699 e. The van der Waals surface area contributed by atoms with Crippen LogP contribution in [0, 0.1) is 0 Å². The third kappa shape index (κ3) is 2.45. The lowest BCUT2D eigenvalue weighted by atomic mass is 10.1. The first-order chi connectivity index (χ1) is 9.38. The van der Waals surface area contributed by atoms with Crippen LogP contribution in [0.2, 0.25) is 0 Å². The molecule has 3 aromatic rings. The second-order valence-corrected chi connectivity index (χ2v) is 5.27. The van der Waals surface area contributed by atoms with Crippen LogP contribution in [0.15, 0.2) is 60.2 Å². The molecule has 0 aliphatic heterocycles. The predicted molar refractivity (Wildman–Crippen MR) is 78.8 cm³/mol. The lowest BCUT2D eigenvalue weighted by Crippen LogP contribution is -2.15. The standard InChI is InChI=1S/C15H15N3S/c1-16-15(14-8-5-9-19-14)12-10-17-18(11-12)13-6-3-2-4-7-13/h2-11,15-16H,1H3. The molecule has 0 radical (unpaired) electrons. The van der Waals surface area contributed by atoms with Crippen LogP contribution in [-0.2, 0) is 0 Å². The Kier molecular flexibility index (Phi) is 3.44. The van der Waals surface area contributed by atoms with Gasteiger partial charge in [0.05, 0.1) is 17.9 Å². The lowest BCUT2D eigenvalue weighted by molar-refractivity contribution is 0.703. The van der Waals surface area contributed by atoms with Gasteiger partial charge in [-0.3, -0.25) is 0 Å². The van der Waals surface area contributed by atoms with Gasteiger partial charge in [-0.15, -0.1) is 11.3 Å². The van der Waals surface area contributed by atoms with Crippen LogP contribution in [0.4, 0.5) is 0 Å². The SMILES string of the molecule is CNC(c1cnn(-c2ccccc2)c1)c1cccs1. The Balaban J connectivity index is 1.93. The monoisotopic (exact) mass is 269 g/mol. The summed E-state index contributed by atoms with van der Waals surface area (Å²) in [5, 5.41) is 9.89. The Morgan fingerprint density at radius 3 is 2.68 bits per heavy atom. The van der Waals surface area contributed by atoms with E-state index in [1.807, 2.05) is 36.1 Å². The Morgan fingerprint density at radius 2 is 2.00 bits per heavy atom. The molecule has 19 heavy (non-hydrogen) atoms. The van der Waals surface area contributed by atoms with E-state index >= 15 is 0 Å². The molecule has 0 fully saturated rings. The van der Waals surface area contributed by atoms with Crippen molar-refractivity contribution in [3.63, 3.8) is 0 Å². The second-order valence-electron chi connectivity index (χ2n) is 4.29. The summed E-state index contributed by atoms with van der Waals surface area (Å²) in [6, 6.07) is 14.6. The van der Waals surface area contributed by atoms with E-state index in [-0.39, 0.29) is 6.04 Å². The number of benzene rings is 1. The van der Waals surface area contributed by atoms with Gasteiger partial charge in [0.2, 0.25) is 0 Å². The van der Waals surface area contributed by atoms with Gasteiger partial charge in [-0.25, -0.2) is 4.68 Å². The van der Waals surface area contributed by atoms with Crippen LogP contribution < -0.4 is 5.32 Å². The minimum Gasteiger partial charge on any atom is -0.309 e. The fourth-order valence-electron chi connectivity index (χ4n) is 2.14. The van der Waals surface area contributed by atoms with Gasteiger partial charge < -0.3 is 5.32 Å². The van der Waals surface area contributed by atoms with E-state index in [2.05, 4.69) is 46.3 Å². The highest BCUT2D eigenvalue weighted by molar-refractivity contribution is 7.10. The zero-order valence-electron chi connectivity index (χ0n) is 10.7. The van der Waals surface area contributed by atoms with Crippen LogP contribution in [0.25, 0.3) is 5.69 Å². The van der Waals surface area contributed by atoms with Crippen molar-refractivity contribution in [2.24, 2.45) is 0 Å². The summed E-state index contributed by atoms with van der Waals surface area (Å²) in [4.78, 5) is 1.30. The van der Waals surface area contributed by atoms with Gasteiger partial charge in [0.15, 0.2) is 0 Å². The number of para-hydroxylation sites is 1. The number of hydrogen-bond acceptors (Lipinski definition) is 3. The van der Waals surface area contributed by atoms with Crippen LogP contribution >= 0.6 is 11.3 Å². The highest BCUT2D eigenvalue weighted by Crippen LogP contribution is 2.25. The first-order valence-electron chi connectivity index (χ1n) is 6.19. The van der Waals surface area contributed by atoms with Crippen molar-refractivity contribution in [3.8, 4) is 5.69 Å². The van der Waals surface area contributed by atoms with Crippen molar-refractivity contribution >= 4 is 11.3 Å². The average molecular weight is 269 g/mol. The maximum Gasteiger partial charge on any atom is 0.0699 e. The summed E-state index contributed by atoms with van der Waals surface area (Å²) in [6.07, 6.45) is 4.00. The molecule has 96 valence electrons. The Hall–Kier alpha value is -1.91. The molecule has 0 saturated carbocycles. The van der Waals surface area contributed by atoms with Gasteiger partial charge in [0.25, 0.3) is 0 Å². The van der Waals surface area contributed by atoms with E-state index in [1.54, 1.807) is 11.3 Å². The first-order valence-corrected chi connectivity index (χ1v) is 7.07. The first kappa shape index (κ1) is 12.1. The third-order valence-corrected chi connectivity index (χ3v) is 4.01. The number of rotatable bonds is 4. The Labute approximate surface area is 116 Å². The summed E-state index contributed by atoms with van der Waals surface area (Å²) in [7, 11) is 1.98. The zero-order chi connectivity index (χ0) is 13.1. The third-order valence-electron chi connectivity index (χ3n) is 3.07. The summed E-state index contributed by atoms with van der Waals surface area (Å²) >= 11 is 1.76. The van der Waals surface area contributed by atoms with Gasteiger partial charge in [-0.05, 0) is 30.6 Å². The van der Waals surface area contributed by atoms with Gasteiger partial charge in [0, 0.05) is 16.6 Å². The number of nitrogens with zero attached hydrogens (tertiary/aromatic N) is 2. The molecule has 1 unspecified atom stereocenters. The van der Waals surface area contributed by atoms with Crippen LogP contribution in [0.5, 0.6) is 0 Å². The van der Waals surface area contributed by atoms with Gasteiger partial charge in [-0.2, -0.15) is 5.10 Å². The lowest BCUT2D eigenvalue weighted by Gasteiger charge is -2.11. The topological polar surface area (TPSA) is 29.9 Å². The molecule has 0 spiro atoms. The normalized spacial score (nSPS) is 12.5. The Morgan fingerprint density at radius 1 is 1.16 bits per heavy atom.